The average molecular weight is 371 g/mol. The molecule has 1 N–H and O–H groups in total. The number of carbonyl (C=O) groups excluding carboxylic acids is 1. The van der Waals surface area contributed by atoms with Crippen LogP contribution < -0.4 is 0 Å². The molecule has 1 heterocycles. The second kappa shape index (κ2) is 8.25. The third-order valence-electron chi connectivity index (χ3n) is 5.06. The molecule has 1 fully saturated rings. The molecule has 0 aromatic heterocycles. The summed E-state index contributed by atoms with van der Waals surface area (Å²) in [5.74, 6) is 0.550. The van der Waals surface area contributed by atoms with Gasteiger partial charge in [0.1, 0.15) is 5.60 Å². The van der Waals surface area contributed by atoms with Gasteiger partial charge in [-0.1, -0.05) is 48.5 Å². The number of hydrogen-bond acceptors (Lipinski definition) is 4. The molecule has 0 bridgehead atoms. The van der Waals surface area contributed by atoms with E-state index in [0.717, 1.165) is 10.5 Å². The molecule has 0 saturated carbocycles. The van der Waals surface area contributed by atoms with E-state index in [-0.39, 0.29) is 11.9 Å². The normalized spacial score (nSPS) is 23.2. The van der Waals surface area contributed by atoms with E-state index in [9.17, 15) is 9.90 Å². The van der Waals surface area contributed by atoms with E-state index < -0.39 is 5.60 Å². The summed E-state index contributed by atoms with van der Waals surface area (Å²) in [6.07, 6.45) is 0.543. The Morgan fingerprint density at radius 1 is 1.15 bits per heavy atom. The first kappa shape index (κ1) is 19.0. The third kappa shape index (κ3) is 4.11. The lowest BCUT2D eigenvalue weighted by atomic mass is 9.80. The summed E-state index contributed by atoms with van der Waals surface area (Å²) in [5, 5.41) is 11.4. The highest BCUT2D eigenvalue weighted by molar-refractivity contribution is 8.00. The molecule has 5 heteroatoms. The predicted octanol–water partition coefficient (Wildman–Crippen LogP) is 2.83. The topological polar surface area (TPSA) is 43.8 Å². The van der Waals surface area contributed by atoms with E-state index in [0.29, 0.717) is 25.3 Å². The number of carbonyl (C=O) groups is 1. The monoisotopic (exact) mass is 370 g/mol. The molecule has 138 valence electrons. The molecule has 1 aliphatic rings. The zero-order chi connectivity index (χ0) is 18.6. The number of amides is 1. The van der Waals surface area contributed by atoms with E-state index in [1.54, 1.807) is 11.8 Å². The van der Waals surface area contributed by atoms with Crippen LogP contribution in [0.3, 0.4) is 0 Å². The molecule has 0 unspecified atom stereocenters. The first-order chi connectivity index (χ1) is 12.5. The molecule has 0 aliphatic carbocycles. The lowest BCUT2D eigenvalue weighted by Crippen LogP contribution is -2.60. The Balaban J connectivity index is 1.68. The zero-order valence-corrected chi connectivity index (χ0v) is 16.2. The van der Waals surface area contributed by atoms with Gasteiger partial charge in [-0.15, -0.1) is 11.8 Å². The van der Waals surface area contributed by atoms with Crippen LogP contribution in [0.4, 0.5) is 0 Å². The molecule has 2 aromatic rings. The Kier molecular flexibility index (Phi) is 6.01. The van der Waals surface area contributed by atoms with Crippen molar-refractivity contribution in [2.75, 3.05) is 32.9 Å². The molecule has 3 rings (SSSR count). The molecule has 0 radical (unpaired) electrons. The summed E-state index contributed by atoms with van der Waals surface area (Å²) >= 11 is 1.56. The Labute approximate surface area is 159 Å². The van der Waals surface area contributed by atoms with Crippen LogP contribution in [0.5, 0.6) is 0 Å². The number of nitrogens with zero attached hydrogens (tertiary/aromatic N) is 2. The molecular weight excluding hydrogens is 344 g/mol. The molecule has 1 saturated heterocycles. The van der Waals surface area contributed by atoms with Crippen LogP contribution in [-0.2, 0) is 10.4 Å². The second-order valence-corrected chi connectivity index (χ2v) is 8.01. The van der Waals surface area contributed by atoms with Gasteiger partial charge in [0.25, 0.3) is 0 Å². The molecule has 2 aromatic carbocycles. The lowest BCUT2D eigenvalue weighted by molar-refractivity contribution is -0.139. The standard InChI is InChI=1S/C21H26N2O2S/c1-22(2)19-15-23(20(24)16-26-18-11-7-4-8-12-18)14-13-21(19,25)17-9-5-3-6-10-17/h3-12,19,25H,13-16H2,1-2H3/t19-,21+/m1/s1. The molecule has 4 nitrogen and oxygen atoms in total. The van der Waals surface area contributed by atoms with Gasteiger partial charge in [0, 0.05) is 18.0 Å². The smallest absolute Gasteiger partial charge is 0.232 e. The number of likely N-dealkylation sites (N-methyl/N-ethyl adjacent to an activating group) is 1. The van der Waals surface area contributed by atoms with Crippen molar-refractivity contribution in [2.24, 2.45) is 0 Å². The number of thioether (sulfide) groups is 1. The van der Waals surface area contributed by atoms with Crippen molar-refractivity contribution < 1.29 is 9.90 Å². The molecular formula is C21H26N2O2S. The van der Waals surface area contributed by atoms with E-state index >= 15 is 0 Å². The molecule has 26 heavy (non-hydrogen) atoms. The van der Waals surface area contributed by atoms with Crippen molar-refractivity contribution in [1.29, 1.82) is 0 Å². The SMILES string of the molecule is CN(C)[C@@H]1CN(C(=O)CSc2ccccc2)CC[C@]1(O)c1ccccc1. The van der Waals surface area contributed by atoms with Crippen molar-refractivity contribution in [3.05, 3.63) is 66.2 Å². The van der Waals surface area contributed by atoms with Gasteiger partial charge in [-0.25, -0.2) is 0 Å². The molecule has 0 spiro atoms. The van der Waals surface area contributed by atoms with Crippen molar-refractivity contribution in [1.82, 2.24) is 9.80 Å². The number of likely N-dealkylation sites (tertiary alicyclic amines) is 1. The van der Waals surface area contributed by atoms with Crippen LogP contribution in [0.15, 0.2) is 65.6 Å². The fourth-order valence-electron chi connectivity index (χ4n) is 3.56. The van der Waals surface area contributed by atoms with Crippen molar-refractivity contribution in [3.8, 4) is 0 Å². The second-order valence-electron chi connectivity index (χ2n) is 6.96. The number of benzene rings is 2. The van der Waals surface area contributed by atoms with Gasteiger partial charge in [-0.2, -0.15) is 0 Å². The van der Waals surface area contributed by atoms with Crippen LogP contribution in [0.25, 0.3) is 0 Å². The third-order valence-corrected chi connectivity index (χ3v) is 6.06. The minimum Gasteiger partial charge on any atom is -0.383 e. The van der Waals surface area contributed by atoms with Gasteiger partial charge in [0.2, 0.25) is 5.91 Å². The average Bonchev–Trinajstić information content (AvgIpc) is 2.67. The number of aliphatic hydroxyl groups is 1. The van der Waals surface area contributed by atoms with Gasteiger partial charge in [-0.3, -0.25) is 4.79 Å². The highest BCUT2D eigenvalue weighted by atomic mass is 32.2. The molecule has 1 amide bonds. The van der Waals surface area contributed by atoms with E-state index in [1.807, 2.05) is 84.6 Å². The Hall–Kier alpha value is -1.82. The van der Waals surface area contributed by atoms with Crippen LogP contribution in [-0.4, -0.2) is 59.8 Å². The van der Waals surface area contributed by atoms with Crippen LogP contribution in [0, 0.1) is 0 Å². The predicted molar refractivity (Wildman–Crippen MR) is 106 cm³/mol. The van der Waals surface area contributed by atoms with Gasteiger partial charge in [0.15, 0.2) is 0 Å². The van der Waals surface area contributed by atoms with Gasteiger partial charge >= 0.3 is 0 Å². The van der Waals surface area contributed by atoms with Crippen LogP contribution in [0.1, 0.15) is 12.0 Å². The maximum absolute atomic E-state index is 12.7. The van der Waals surface area contributed by atoms with Gasteiger partial charge in [-0.05, 0) is 38.2 Å². The van der Waals surface area contributed by atoms with Crippen LogP contribution in [0.2, 0.25) is 0 Å². The maximum atomic E-state index is 12.7. The summed E-state index contributed by atoms with van der Waals surface area (Å²) in [4.78, 5) is 17.7. The van der Waals surface area contributed by atoms with Gasteiger partial charge in [0.05, 0.1) is 11.8 Å². The highest BCUT2D eigenvalue weighted by Crippen LogP contribution is 2.35. The van der Waals surface area contributed by atoms with Crippen molar-refractivity contribution in [2.45, 2.75) is 23.0 Å². The van der Waals surface area contributed by atoms with E-state index in [4.69, 9.17) is 0 Å². The molecule has 1 aliphatic heterocycles. The summed E-state index contributed by atoms with van der Waals surface area (Å²) < 4.78 is 0. The highest BCUT2D eigenvalue weighted by Gasteiger charge is 2.44. The number of piperidine rings is 1. The molecule has 2 atom stereocenters. The first-order valence-electron chi connectivity index (χ1n) is 8.90. The summed E-state index contributed by atoms with van der Waals surface area (Å²) in [6.45, 7) is 1.11. The van der Waals surface area contributed by atoms with Crippen molar-refractivity contribution in [3.63, 3.8) is 0 Å². The largest absolute Gasteiger partial charge is 0.383 e. The Bertz CT molecular complexity index is 723. The Morgan fingerprint density at radius 2 is 1.77 bits per heavy atom. The quantitative estimate of drug-likeness (QED) is 0.822. The fourth-order valence-corrected chi connectivity index (χ4v) is 4.38. The minimum atomic E-state index is -0.936. The first-order valence-corrected chi connectivity index (χ1v) is 9.89. The van der Waals surface area contributed by atoms with E-state index in [2.05, 4.69) is 0 Å². The zero-order valence-electron chi connectivity index (χ0n) is 15.3. The maximum Gasteiger partial charge on any atom is 0.232 e. The summed E-state index contributed by atoms with van der Waals surface area (Å²) in [5.41, 5.74) is -0.0156. The van der Waals surface area contributed by atoms with Crippen molar-refractivity contribution >= 4 is 17.7 Å². The lowest BCUT2D eigenvalue weighted by Gasteiger charge is -2.47. The summed E-state index contributed by atoms with van der Waals surface area (Å²) in [6, 6.07) is 19.6. The minimum absolute atomic E-state index is 0.126. The van der Waals surface area contributed by atoms with Crippen LogP contribution >= 0.6 is 11.8 Å². The van der Waals surface area contributed by atoms with Gasteiger partial charge < -0.3 is 14.9 Å². The number of rotatable bonds is 5. The number of hydrogen-bond donors (Lipinski definition) is 1. The van der Waals surface area contributed by atoms with E-state index in [1.165, 1.54) is 0 Å². The fraction of sp³-hybridized carbons (Fsp3) is 0.381. The summed E-state index contributed by atoms with van der Waals surface area (Å²) in [7, 11) is 3.93. The Morgan fingerprint density at radius 3 is 2.38 bits per heavy atom.